The minimum absolute atomic E-state index is 0.180. The number of aromatic nitrogens is 3. The lowest BCUT2D eigenvalue weighted by molar-refractivity contribution is 0.0926. The fourth-order valence-corrected chi connectivity index (χ4v) is 3.23. The fraction of sp³-hybridized carbons (Fsp3) is 0.235. The van der Waals surface area contributed by atoms with Crippen LogP contribution in [-0.4, -0.2) is 27.8 Å². The third-order valence-corrected chi connectivity index (χ3v) is 4.48. The van der Waals surface area contributed by atoms with Gasteiger partial charge in [-0.3, -0.25) is 9.48 Å². The van der Waals surface area contributed by atoms with E-state index < -0.39 is 0 Å². The van der Waals surface area contributed by atoms with Crippen molar-refractivity contribution < 1.29 is 9.53 Å². The molecule has 124 valence electrons. The van der Waals surface area contributed by atoms with Gasteiger partial charge in [-0.15, -0.1) is 0 Å². The first kappa shape index (κ1) is 16.2. The average Bonchev–Trinajstić information content (AvgIpc) is 3.25. The van der Waals surface area contributed by atoms with Gasteiger partial charge < -0.3 is 10.1 Å². The van der Waals surface area contributed by atoms with E-state index in [1.807, 2.05) is 17.5 Å². The van der Waals surface area contributed by atoms with Gasteiger partial charge in [0.25, 0.3) is 5.91 Å². The largest absolute Gasteiger partial charge is 0.481 e. The van der Waals surface area contributed by atoms with Gasteiger partial charge in [0, 0.05) is 25.0 Å². The number of thiophene rings is 1. The summed E-state index contributed by atoms with van der Waals surface area (Å²) in [6.45, 7) is 0. The number of ether oxygens (including phenoxy) is 1. The molecule has 1 unspecified atom stereocenters. The first-order chi connectivity index (χ1) is 11.7. The van der Waals surface area contributed by atoms with E-state index in [2.05, 4.69) is 26.8 Å². The highest BCUT2D eigenvalue weighted by Crippen LogP contribution is 2.26. The van der Waals surface area contributed by atoms with Crippen molar-refractivity contribution in [1.29, 1.82) is 0 Å². The van der Waals surface area contributed by atoms with Gasteiger partial charge in [-0.25, -0.2) is 4.98 Å². The maximum atomic E-state index is 12.6. The topological polar surface area (TPSA) is 69.0 Å². The Balaban J connectivity index is 1.90. The van der Waals surface area contributed by atoms with Gasteiger partial charge in [0.05, 0.1) is 13.2 Å². The van der Waals surface area contributed by atoms with E-state index in [9.17, 15) is 4.79 Å². The third kappa shape index (κ3) is 3.46. The van der Waals surface area contributed by atoms with Crippen LogP contribution < -0.4 is 10.1 Å². The number of nitrogens with zero attached hydrogens (tertiary/aromatic N) is 3. The number of amides is 1. The van der Waals surface area contributed by atoms with Gasteiger partial charge in [-0.1, -0.05) is 6.07 Å². The number of carbonyl (C=O) groups excluding carboxylic acids is 1. The molecule has 24 heavy (non-hydrogen) atoms. The molecule has 0 aromatic carbocycles. The number of hydrogen-bond acceptors (Lipinski definition) is 5. The van der Waals surface area contributed by atoms with Crippen molar-refractivity contribution in [3.05, 3.63) is 64.2 Å². The molecule has 0 saturated heterocycles. The van der Waals surface area contributed by atoms with Crippen molar-refractivity contribution in [2.24, 2.45) is 7.05 Å². The van der Waals surface area contributed by atoms with Crippen molar-refractivity contribution in [3.63, 3.8) is 0 Å². The van der Waals surface area contributed by atoms with Crippen molar-refractivity contribution in [2.75, 3.05) is 7.11 Å². The molecule has 0 spiro atoms. The normalized spacial score (nSPS) is 11.9. The number of aryl methyl sites for hydroxylation is 1. The first-order valence-corrected chi connectivity index (χ1v) is 8.42. The van der Waals surface area contributed by atoms with E-state index in [1.165, 1.54) is 0 Å². The molecule has 6 nitrogen and oxygen atoms in total. The number of methoxy groups -OCH3 is 1. The van der Waals surface area contributed by atoms with Gasteiger partial charge in [0.15, 0.2) is 0 Å². The van der Waals surface area contributed by atoms with Crippen LogP contribution in [0.2, 0.25) is 0 Å². The van der Waals surface area contributed by atoms with E-state index in [-0.39, 0.29) is 11.9 Å². The van der Waals surface area contributed by atoms with Gasteiger partial charge in [0.1, 0.15) is 5.69 Å². The summed E-state index contributed by atoms with van der Waals surface area (Å²) in [5.41, 5.74) is 2.51. The van der Waals surface area contributed by atoms with E-state index in [4.69, 9.17) is 4.74 Å². The second-order valence-electron chi connectivity index (χ2n) is 5.30. The third-order valence-electron chi connectivity index (χ3n) is 3.75. The number of pyridine rings is 1. The minimum atomic E-state index is -0.245. The molecule has 0 bridgehead atoms. The lowest BCUT2D eigenvalue weighted by Crippen LogP contribution is -2.31. The van der Waals surface area contributed by atoms with Crippen molar-refractivity contribution in [2.45, 2.75) is 12.5 Å². The summed E-state index contributed by atoms with van der Waals surface area (Å²) in [5, 5.41) is 11.2. The number of hydrogen-bond donors (Lipinski definition) is 1. The molecule has 3 aromatic heterocycles. The Kier molecular flexibility index (Phi) is 4.90. The zero-order chi connectivity index (χ0) is 16.9. The van der Waals surface area contributed by atoms with Crippen LogP contribution in [0.4, 0.5) is 0 Å². The van der Waals surface area contributed by atoms with Gasteiger partial charge in [-0.05, 0) is 40.9 Å². The molecule has 0 aliphatic heterocycles. The highest BCUT2D eigenvalue weighted by molar-refractivity contribution is 7.07. The molecule has 0 saturated carbocycles. The van der Waals surface area contributed by atoms with Crippen molar-refractivity contribution >= 4 is 17.2 Å². The van der Waals surface area contributed by atoms with Crippen LogP contribution in [-0.2, 0) is 13.5 Å². The minimum Gasteiger partial charge on any atom is -0.481 e. The summed E-state index contributed by atoms with van der Waals surface area (Å²) >= 11 is 1.63. The maximum Gasteiger partial charge on any atom is 0.270 e. The number of nitrogens with one attached hydrogen (secondary N) is 1. The summed E-state index contributed by atoms with van der Waals surface area (Å²) in [6, 6.07) is 7.26. The predicted molar refractivity (Wildman–Crippen MR) is 92.2 cm³/mol. The predicted octanol–water partition coefficient (Wildman–Crippen LogP) is 2.60. The lowest BCUT2D eigenvalue weighted by Gasteiger charge is -2.20. The SMILES string of the molecule is COc1ncccc1C(Cc1ccsc1)NC(=O)c1ccnn1C. The molecule has 0 fully saturated rings. The van der Waals surface area contributed by atoms with E-state index in [0.29, 0.717) is 18.0 Å². The molecule has 7 heteroatoms. The van der Waals surface area contributed by atoms with Crippen LogP contribution in [0.15, 0.2) is 47.4 Å². The summed E-state index contributed by atoms with van der Waals surface area (Å²) in [6.07, 6.45) is 3.94. The molecular weight excluding hydrogens is 324 g/mol. The van der Waals surface area contributed by atoms with Crippen LogP contribution >= 0.6 is 11.3 Å². The second kappa shape index (κ2) is 7.27. The van der Waals surface area contributed by atoms with E-state index in [0.717, 1.165) is 11.1 Å². The van der Waals surface area contributed by atoms with Crippen LogP contribution in [0.5, 0.6) is 5.88 Å². The Morgan fingerprint density at radius 2 is 2.25 bits per heavy atom. The molecule has 1 atom stereocenters. The summed E-state index contributed by atoms with van der Waals surface area (Å²) in [7, 11) is 3.32. The molecular formula is C17H18N4O2S. The Labute approximate surface area is 144 Å². The van der Waals surface area contributed by atoms with Crippen LogP contribution in [0.3, 0.4) is 0 Å². The molecule has 0 aliphatic carbocycles. The maximum absolute atomic E-state index is 12.6. The summed E-state index contributed by atoms with van der Waals surface area (Å²) < 4.78 is 6.92. The fourth-order valence-electron chi connectivity index (χ4n) is 2.55. The monoisotopic (exact) mass is 342 g/mol. The summed E-state index contributed by atoms with van der Waals surface area (Å²) in [5.74, 6) is 0.337. The average molecular weight is 342 g/mol. The van der Waals surface area contributed by atoms with Crippen LogP contribution in [0, 0.1) is 0 Å². The zero-order valence-electron chi connectivity index (χ0n) is 13.5. The Morgan fingerprint density at radius 1 is 1.38 bits per heavy atom. The van der Waals surface area contributed by atoms with E-state index in [1.54, 1.807) is 48.6 Å². The first-order valence-electron chi connectivity index (χ1n) is 7.48. The number of carbonyl (C=O) groups is 1. The zero-order valence-corrected chi connectivity index (χ0v) is 14.3. The molecule has 3 rings (SSSR count). The second-order valence-corrected chi connectivity index (χ2v) is 6.08. The Bertz CT molecular complexity index is 814. The highest BCUT2D eigenvalue weighted by atomic mass is 32.1. The molecule has 1 N–H and O–H groups in total. The standard InChI is InChI=1S/C17H18N4O2S/c1-21-15(5-8-19-21)16(22)20-14(10-12-6-9-24-11-12)13-4-3-7-18-17(13)23-2/h3-9,11,14H,10H2,1-2H3,(H,20,22). The smallest absolute Gasteiger partial charge is 0.270 e. The van der Waals surface area contributed by atoms with Crippen molar-refractivity contribution in [1.82, 2.24) is 20.1 Å². The van der Waals surface area contributed by atoms with Crippen LogP contribution in [0.1, 0.15) is 27.7 Å². The molecule has 0 radical (unpaired) electrons. The molecule has 0 aliphatic rings. The van der Waals surface area contributed by atoms with Gasteiger partial charge in [-0.2, -0.15) is 16.4 Å². The van der Waals surface area contributed by atoms with E-state index >= 15 is 0 Å². The van der Waals surface area contributed by atoms with Gasteiger partial charge >= 0.3 is 0 Å². The Hall–Kier alpha value is -2.67. The molecule has 1 amide bonds. The highest BCUT2D eigenvalue weighted by Gasteiger charge is 2.22. The van der Waals surface area contributed by atoms with Gasteiger partial charge in [0.2, 0.25) is 5.88 Å². The number of rotatable bonds is 6. The molecule has 3 heterocycles. The lowest BCUT2D eigenvalue weighted by atomic mass is 10.0. The quantitative estimate of drug-likeness (QED) is 0.748. The molecule has 3 aromatic rings. The Morgan fingerprint density at radius 3 is 2.92 bits per heavy atom. The van der Waals surface area contributed by atoms with Crippen LogP contribution in [0.25, 0.3) is 0 Å². The summed E-state index contributed by atoms with van der Waals surface area (Å²) in [4.78, 5) is 16.9. The van der Waals surface area contributed by atoms with Crippen molar-refractivity contribution in [3.8, 4) is 5.88 Å².